The molecule has 1 aromatic rings. The predicted molar refractivity (Wildman–Crippen MR) is 85.0 cm³/mol. The highest BCUT2D eigenvalue weighted by Crippen LogP contribution is 2.38. The van der Waals surface area contributed by atoms with Crippen molar-refractivity contribution in [2.75, 3.05) is 24.6 Å². The molecule has 0 aromatic heterocycles. The van der Waals surface area contributed by atoms with Gasteiger partial charge in [-0.3, -0.25) is 4.79 Å². The minimum absolute atomic E-state index is 0.0328. The van der Waals surface area contributed by atoms with E-state index in [0.29, 0.717) is 19.6 Å². The van der Waals surface area contributed by atoms with E-state index in [9.17, 15) is 13.2 Å². The van der Waals surface area contributed by atoms with Crippen molar-refractivity contribution in [3.63, 3.8) is 0 Å². The van der Waals surface area contributed by atoms with Crippen molar-refractivity contribution in [3.05, 3.63) is 23.3 Å². The van der Waals surface area contributed by atoms with Crippen LogP contribution in [0, 0.1) is 0 Å². The summed E-state index contributed by atoms with van der Waals surface area (Å²) < 4.78 is 33.3. The van der Waals surface area contributed by atoms with E-state index >= 15 is 0 Å². The third kappa shape index (κ3) is 2.66. The molecule has 6 nitrogen and oxygen atoms in total. The Hall–Kier alpha value is -1.44. The van der Waals surface area contributed by atoms with Crippen LogP contribution in [0.15, 0.2) is 17.0 Å². The van der Waals surface area contributed by atoms with Crippen molar-refractivity contribution in [3.8, 4) is 0 Å². The highest BCUT2D eigenvalue weighted by atomic mass is 32.2. The van der Waals surface area contributed by atoms with Crippen molar-refractivity contribution in [2.24, 2.45) is 0 Å². The number of benzene rings is 1. The largest absolute Gasteiger partial charge is 0.377 e. The van der Waals surface area contributed by atoms with Crippen LogP contribution in [0.4, 0.5) is 5.69 Å². The Labute approximate surface area is 135 Å². The Morgan fingerprint density at radius 1 is 1.26 bits per heavy atom. The second-order valence-corrected chi connectivity index (χ2v) is 8.17. The van der Waals surface area contributed by atoms with Crippen LogP contribution in [0.1, 0.15) is 30.4 Å². The molecule has 0 aliphatic carbocycles. The number of nitrogens with one attached hydrogen (secondary N) is 1. The fourth-order valence-electron chi connectivity index (χ4n) is 3.69. The molecule has 0 saturated carbocycles. The molecular formula is C16H20N2O4S. The lowest BCUT2D eigenvalue weighted by molar-refractivity contribution is -0.117. The van der Waals surface area contributed by atoms with E-state index in [1.54, 1.807) is 17.0 Å². The number of amides is 1. The number of ether oxygens (including phenoxy) is 1. The van der Waals surface area contributed by atoms with Crippen LogP contribution in [0.3, 0.4) is 0 Å². The van der Waals surface area contributed by atoms with E-state index in [1.807, 2.05) is 0 Å². The number of carbonyl (C=O) groups excluding carboxylic acids is 1. The molecule has 4 rings (SSSR count). The lowest BCUT2D eigenvalue weighted by atomic mass is 10.0. The van der Waals surface area contributed by atoms with Gasteiger partial charge in [-0.1, -0.05) is 0 Å². The minimum atomic E-state index is -3.57. The first-order valence-electron chi connectivity index (χ1n) is 8.12. The van der Waals surface area contributed by atoms with Crippen LogP contribution in [-0.4, -0.2) is 40.1 Å². The molecule has 1 atom stereocenters. The summed E-state index contributed by atoms with van der Waals surface area (Å²) in [4.78, 5) is 14.1. The average molecular weight is 336 g/mol. The van der Waals surface area contributed by atoms with Gasteiger partial charge in [0, 0.05) is 19.7 Å². The molecule has 0 unspecified atom stereocenters. The number of rotatable bonds is 4. The molecule has 0 bridgehead atoms. The maximum Gasteiger partial charge on any atom is 0.240 e. The summed E-state index contributed by atoms with van der Waals surface area (Å²) in [7, 11) is -3.57. The summed E-state index contributed by atoms with van der Waals surface area (Å²) in [5, 5.41) is 0. The number of carbonyl (C=O) groups is 1. The summed E-state index contributed by atoms with van der Waals surface area (Å²) in [5.41, 5.74) is 2.75. The molecule has 0 spiro atoms. The number of hydrogen-bond acceptors (Lipinski definition) is 4. The number of hydrogen-bond donors (Lipinski definition) is 1. The van der Waals surface area contributed by atoms with Crippen molar-refractivity contribution < 1.29 is 17.9 Å². The minimum Gasteiger partial charge on any atom is -0.377 e. The van der Waals surface area contributed by atoms with Gasteiger partial charge < -0.3 is 9.64 Å². The molecule has 0 radical (unpaired) electrons. The quantitative estimate of drug-likeness (QED) is 0.889. The molecule has 1 N–H and O–H groups in total. The van der Waals surface area contributed by atoms with Gasteiger partial charge in [0.25, 0.3) is 0 Å². The smallest absolute Gasteiger partial charge is 0.240 e. The van der Waals surface area contributed by atoms with Gasteiger partial charge in [-0.25, -0.2) is 13.1 Å². The van der Waals surface area contributed by atoms with E-state index in [0.717, 1.165) is 49.0 Å². The lowest BCUT2D eigenvalue weighted by Crippen LogP contribution is -2.32. The molecule has 23 heavy (non-hydrogen) atoms. The standard InChI is InChI=1S/C16H20N2O4S/c19-15-9-12-8-14(7-11-3-1-5-18(15)16(11)12)23(20,21)17-10-13-4-2-6-22-13/h7-8,13,17H,1-6,9-10H2/t13-/m0/s1. The Balaban J connectivity index is 1.62. The normalized spacial score (nSPS) is 23.4. The van der Waals surface area contributed by atoms with Crippen LogP contribution in [0.25, 0.3) is 0 Å². The van der Waals surface area contributed by atoms with Crippen LogP contribution in [-0.2, 0) is 32.4 Å². The Morgan fingerprint density at radius 2 is 2.09 bits per heavy atom. The van der Waals surface area contributed by atoms with Gasteiger partial charge in [0.2, 0.25) is 15.9 Å². The van der Waals surface area contributed by atoms with E-state index in [4.69, 9.17) is 4.74 Å². The second kappa shape index (κ2) is 5.58. The third-order valence-electron chi connectivity index (χ3n) is 4.82. The molecule has 1 fully saturated rings. The predicted octanol–water partition coefficient (Wildman–Crippen LogP) is 0.979. The second-order valence-electron chi connectivity index (χ2n) is 6.40. The molecule has 3 aliphatic rings. The highest BCUT2D eigenvalue weighted by Gasteiger charge is 2.33. The molecular weight excluding hydrogens is 316 g/mol. The first kappa shape index (κ1) is 15.1. The van der Waals surface area contributed by atoms with Gasteiger partial charge in [0.15, 0.2) is 0 Å². The van der Waals surface area contributed by atoms with Crippen LogP contribution >= 0.6 is 0 Å². The van der Waals surface area contributed by atoms with E-state index in [1.165, 1.54) is 0 Å². The Morgan fingerprint density at radius 3 is 2.87 bits per heavy atom. The molecule has 7 heteroatoms. The zero-order valence-electron chi connectivity index (χ0n) is 12.9. The van der Waals surface area contributed by atoms with Crippen LogP contribution in [0.5, 0.6) is 0 Å². The molecule has 1 saturated heterocycles. The molecule has 1 amide bonds. The highest BCUT2D eigenvalue weighted by molar-refractivity contribution is 7.89. The monoisotopic (exact) mass is 336 g/mol. The number of aryl methyl sites for hydroxylation is 1. The molecule has 124 valence electrons. The topological polar surface area (TPSA) is 75.7 Å². The summed E-state index contributed by atoms with van der Waals surface area (Å²) in [6.07, 6.45) is 3.84. The maximum absolute atomic E-state index is 12.6. The summed E-state index contributed by atoms with van der Waals surface area (Å²) in [5.74, 6) is 0.0720. The SMILES string of the molecule is O=C1Cc2cc(S(=O)(=O)NC[C@@H]3CCCO3)cc3c2N1CCC3. The molecule has 1 aromatic carbocycles. The maximum atomic E-state index is 12.6. The lowest BCUT2D eigenvalue weighted by Gasteiger charge is -2.26. The summed E-state index contributed by atoms with van der Waals surface area (Å²) in [6.45, 7) is 1.75. The zero-order chi connectivity index (χ0) is 16.0. The first-order chi connectivity index (χ1) is 11.0. The molecule has 3 heterocycles. The Kier molecular flexibility index (Phi) is 3.66. The first-order valence-corrected chi connectivity index (χ1v) is 9.60. The summed E-state index contributed by atoms with van der Waals surface area (Å²) in [6, 6.07) is 3.38. The van der Waals surface area contributed by atoms with Crippen molar-refractivity contribution in [1.29, 1.82) is 0 Å². The number of sulfonamides is 1. The van der Waals surface area contributed by atoms with E-state index in [2.05, 4.69) is 4.72 Å². The Bertz CT molecular complexity index is 754. The van der Waals surface area contributed by atoms with Crippen molar-refractivity contribution >= 4 is 21.6 Å². The molecule has 3 aliphatic heterocycles. The zero-order valence-corrected chi connectivity index (χ0v) is 13.7. The van der Waals surface area contributed by atoms with Gasteiger partial charge in [-0.2, -0.15) is 0 Å². The summed E-state index contributed by atoms with van der Waals surface area (Å²) >= 11 is 0. The van der Waals surface area contributed by atoms with Crippen LogP contribution in [0.2, 0.25) is 0 Å². The van der Waals surface area contributed by atoms with E-state index < -0.39 is 10.0 Å². The fourth-order valence-corrected chi connectivity index (χ4v) is 4.86. The fraction of sp³-hybridized carbons (Fsp3) is 0.562. The van der Waals surface area contributed by atoms with Gasteiger partial charge in [0.1, 0.15) is 0 Å². The van der Waals surface area contributed by atoms with Gasteiger partial charge >= 0.3 is 0 Å². The number of anilines is 1. The van der Waals surface area contributed by atoms with Crippen molar-refractivity contribution in [2.45, 2.75) is 43.1 Å². The van der Waals surface area contributed by atoms with Gasteiger partial charge in [0.05, 0.1) is 23.1 Å². The van der Waals surface area contributed by atoms with Crippen LogP contribution < -0.4 is 9.62 Å². The van der Waals surface area contributed by atoms with Crippen molar-refractivity contribution in [1.82, 2.24) is 4.72 Å². The average Bonchev–Trinajstić information content (AvgIpc) is 3.15. The van der Waals surface area contributed by atoms with Gasteiger partial charge in [-0.15, -0.1) is 0 Å². The van der Waals surface area contributed by atoms with E-state index in [-0.39, 0.29) is 16.9 Å². The number of nitrogens with zero attached hydrogens (tertiary/aromatic N) is 1. The van der Waals surface area contributed by atoms with Gasteiger partial charge in [-0.05, 0) is 48.9 Å². The third-order valence-corrected chi connectivity index (χ3v) is 6.22.